The molecular formula is C22H23ClN2O3S. The summed E-state index contributed by atoms with van der Waals surface area (Å²) in [6.07, 6.45) is 3.15. The monoisotopic (exact) mass is 430 g/mol. The number of nitrogens with zero attached hydrogens (tertiary/aromatic N) is 1. The lowest BCUT2D eigenvalue weighted by molar-refractivity contribution is -0.116. The molecule has 0 bridgehead atoms. The molecule has 0 radical (unpaired) electrons. The number of halogens is 1. The van der Waals surface area contributed by atoms with Gasteiger partial charge in [-0.15, -0.1) is 6.58 Å². The molecule has 7 heteroatoms. The fourth-order valence-corrected chi connectivity index (χ4v) is 5.22. The lowest BCUT2D eigenvalue weighted by Crippen LogP contribution is -2.41. The summed E-state index contributed by atoms with van der Waals surface area (Å²) in [4.78, 5) is 12.8. The number of fused-ring (bicyclic) bond motifs is 1. The number of benzene rings is 2. The number of rotatable bonds is 7. The highest BCUT2D eigenvalue weighted by molar-refractivity contribution is 7.97. The Labute approximate surface area is 176 Å². The van der Waals surface area contributed by atoms with E-state index in [1.807, 2.05) is 25.1 Å². The Bertz CT molecular complexity index is 1060. The van der Waals surface area contributed by atoms with Gasteiger partial charge in [-0.2, -0.15) is 0 Å². The fourth-order valence-electron chi connectivity index (χ4n) is 3.31. The second kappa shape index (κ2) is 8.84. The van der Waals surface area contributed by atoms with Gasteiger partial charge in [0, 0.05) is 22.7 Å². The van der Waals surface area contributed by atoms with Crippen LogP contribution in [0.3, 0.4) is 0 Å². The van der Waals surface area contributed by atoms with E-state index in [9.17, 15) is 13.2 Å². The standard InChI is InChI=1S/C22H23ClN2O3S/c1-3-5-13-24-22(26)21-20(16-9-7-6-8-10-16)18-15-17(23)11-12-19(18)25(14-4-2)29(21,27)28/h4,6-12,15H,2-3,5,13-14H2,1H3,(H,24,26). The van der Waals surface area contributed by atoms with Gasteiger partial charge in [-0.05, 0) is 30.2 Å². The molecule has 0 aliphatic carbocycles. The summed E-state index contributed by atoms with van der Waals surface area (Å²) in [6.45, 7) is 6.12. The molecule has 1 N–H and O–H groups in total. The lowest BCUT2D eigenvalue weighted by Gasteiger charge is -2.33. The summed E-state index contributed by atoms with van der Waals surface area (Å²) in [5, 5.41) is 3.21. The average molecular weight is 431 g/mol. The van der Waals surface area contributed by atoms with Crippen LogP contribution in [0.4, 0.5) is 5.69 Å². The predicted molar refractivity (Wildman–Crippen MR) is 118 cm³/mol. The van der Waals surface area contributed by atoms with E-state index < -0.39 is 15.9 Å². The Kier molecular flexibility index (Phi) is 6.45. The highest BCUT2D eigenvalue weighted by Gasteiger charge is 2.40. The van der Waals surface area contributed by atoms with Crippen LogP contribution in [0.25, 0.3) is 5.57 Å². The molecule has 0 spiro atoms. The van der Waals surface area contributed by atoms with Gasteiger partial charge in [0.1, 0.15) is 0 Å². The molecule has 1 aliphatic rings. The molecule has 1 aliphatic heterocycles. The van der Waals surface area contributed by atoms with Crippen LogP contribution in [0, 0.1) is 0 Å². The third-order valence-electron chi connectivity index (χ3n) is 4.65. The van der Waals surface area contributed by atoms with Crippen LogP contribution in [-0.2, 0) is 14.8 Å². The first kappa shape index (κ1) is 21.1. The Hall–Kier alpha value is -2.57. The van der Waals surface area contributed by atoms with Crippen molar-refractivity contribution in [2.45, 2.75) is 19.8 Å². The first-order valence-electron chi connectivity index (χ1n) is 9.43. The molecule has 0 unspecified atom stereocenters. The Balaban J connectivity index is 2.33. The summed E-state index contributed by atoms with van der Waals surface area (Å²) in [5.41, 5.74) is 2.06. The van der Waals surface area contributed by atoms with Gasteiger partial charge in [-0.25, -0.2) is 8.42 Å². The van der Waals surface area contributed by atoms with Crippen molar-refractivity contribution in [3.05, 3.63) is 82.2 Å². The molecular weight excluding hydrogens is 408 g/mol. The van der Waals surface area contributed by atoms with Crippen LogP contribution >= 0.6 is 11.6 Å². The topological polar surface area (TPSA) is 66.5 Å². The van der Waals surface area contributed by atoms with E-state index in [1.165, 1.54) is 10.4 Å². The van der Waals surface area contributed by atoms with E-state index in [4.69, 9.17) is 11.6 Å². The summed E-state index contributed by atoms with van der Waals surface area (Å²) in [5.74, 6) is -0.614. The highest BCUT2D eigenvalue weighted by Crippen LogP contribution is 2.43. The van der Waals surface area contributed by atoms with Gasteiger partial charge in [0.25, 0.3) is 15.9 Å². The van der Waals surface area contributed by atoms with Crippen molar-refractivity contribution >= 4 is 38.8 Å². The largest absolute Gasteiger partial charge is 0.351 e. The van der Waals surface area contributed by atoms with Crippen LogP contribution in [0.5, 0.6) is 0 Å². The zero-order valence-corrected chi connectivity index (χ0v) is 17.8. The molecule has 0 atom stereocenters. The summed E-state index contributed by atoms with van der Waals surface area (Å²) < 4.78 is 28.3. The third kappa shape index (κ3) is 4.09. The summed E-state index contributed by atoms with van der Waals surface area (Å²) in [6, 6.07) is 14.0. The number of nitrogens with one attached hydrogen (secondary N) is 1. The van der Waals surface area contributed by atoms with Gasteiger partial charge in [0.05, 0.1) is 12.2 Å². The van der Waals surface area contributed by atoms with Crippen LogP contribution in [0.2, 0.25) is 5.02 Å². The molecule has 29 heavy (non-hydrogen) atoms. The first-order valence-corrected chi connectivity index (χ1v) is 11.2. The number of hydrogen-bond acceptors (Lipinski definition) is 3. The van der Waals surface area contributed by atoms with E-state index in [1.54, 1.807) is 30.3 Å². The normalized spacial score (nSPS) is 15.0. The van der Waals surface area contributed by atoms with Crippen molar-refractivity contribution in [2.24, 2.45) is 0 Å². The molecule has 152 valence electrons. The molecule has 5 nitrogen and oxygen atoms in total. The number of hydrogen-bond donors (Lipinski definition) is 1. The maximum Gasteiger partial charge on any atom is 0.270 e. The lowest BCUT2D eigenvalue weighted by atomic mass is 9.95. The van der Waals surface area contributed by atoms with Crippen LogP contribution < -0.4 is 9.62 Å². The molecule has 0 saturated heterocycles. The molecule has 1 heterocycles. The second-order valence-electron chi connectivity index (χ2n) is 6.67. The Morgan fingerprint density at radius 3 is 2.59 bits per heavy atom. The van der Waals surface area contributed by atoms with E-state index in [-0.39, 0.29) is 11.4 Å². The highest BCUT2D eigenvalue weighted by atomic mass is 35.5. The Morgan fingerprint density at radius 2 is 1.93 bits per heavy atom. The smallest absolute Gasteiger partial charge is 0.270 e. The molecule has 2 aromatic rings. The number of carbonyl (C=O) groups excluding carboxylic acids is 1. The van der Waals surface area contributed by atoms with Crippen LogP contribution in [-0.4, -0.2) is 27.4 Å². The fraction of sp³-hybridized carbons (Fsp3) is 0.227. The third-order valence-corrected chi connectivity index (χ3v) is 6.72. The van der Waals surface area contributed by atoms with Crippen LogP contribution in [0.1, 0.15) is 30.9 Å². The number of anilines is 1. The maximum atomic E-state index is 13.5. The van der Waals surface area contributed by atoms with E-state index in [2.05, 4.69) is 11.9 Å². The van der Waals surface area contributed by atoms with Gasteiger partial charge >= 0.3 is 0 Å². The van der Waals surface area contributed by atoms with Crippen LogP contribution in [0.15, 0.2) is 66.1 Å². The van der Waals surface area contributed by atoms with Gasteiger partial charge in [0.15, 0.2) is 4.91 Å². The first-order chi connectivity index (χ1) is 13.9. The van der Waals surface area contributed by atoms with Crippen molar-refractivity contribution in [2.75, 3.05) is 17.4 Å². The molecule has 0 aromatic heterocycles. The van der Waals surface area contributed by atoms with Crippen molar-refractivity contribution in [3.8, 4) is 0 Å². The molecule has 3 rings (SSSR count). The van der Waals surface area contributed by atoms with Gasteiger partial charge in [0.2, 0.25) is 0 Å². The van der Waals surface area contributed by atoms with Crippen molar-refractivity contribution < 1.29 is 13.2 Å². The van der Waals surface area contributed by atoms with E-state index in [0.717, 1.165) is 12.8 Å². The minimum absolute atomic E-state index is 0.0464. The zero-order valence-electron chi connectivity index (χ0n) is 16.2. The predicted octanol–water partition coefficient (Wildman–Crippen LogP) is 4.35. The average Bonchev–Trinajstić information content (AvgIpc) is 2.70. The van der Waals surface area contributed by atoms with E-state index >= 15 is 0 Å². The molecule has 0 fully saturated rings. The van der Waals surface area contributed by atoms with E-state index in [0.29, 0.717) is 34.0 Å². The number of sulfonamides is 1. The minimum Gasteiger partial charge on any atom is -0.351 e. The molecule has 1 amide bonds. The Morgan fingerprint density at radius 1 is 1.21 bits per heavy atom. The van der Waals surface area contributed by atoms with Crippen molar-refractivity contribution in [3.63, 3.8) is 0 Å². The number of unbranched alkanes of at least 4 members (excludes halogenated alkanes) is 1. The SMILES string of the molecule is C=CCN1c2ccc(Cl)cc2C(c2ccccc2)=C(C(=O)NCCCC)S1(=O)=O. The number of amides is 1. The molecule has 0 saturated carbocycles. The number of carbonyl (C=O) groups is 1. The summed E-state index contributed by atoms with van der Waals surface area (Å²) >= 11 is 6.24. The van der Waals surface area contributed by atoms with Gasteiger partial charge in [-0.1, -0.05) is 61.4 Å². The molecule has 2 aromatic carbocycles. The second-order valence-corrected chi connectivity index (χ2v) is 8.90. The summed E-state index contributed by atoms with van der Waals surface area (Å²) in [7, 11) is -4.10. The van der Waals surface area contributed by atoms with Crippen molar-refractivity contribution in [1.82, 2.24) is 5.32 Å². The quantitative estimate of drug-likeness (QED) is 0.524. The van der Waals surface area contributed by atoms with Gasteiger partial charge < -0.3 is 5.32 Å². The zero-order chi connectivity index (χ0) is 21.0. The minimum atomic E-state index is -4.10. The van der Waals surface area contributed by atoms with Crippen molar-refractivity contribution in [1.29, 1.82) is 0 Å². The maximum absolute atomic E-state index is 13.5. The van der Waals surface area contributed by atoms with Gasteiger partial charge in [-0.3, -0.25) is 9.10 Å².